The number of hydrogen-bond donors (Lipinski definition) is 4. The Morgan fingerprint density at radius 3 is 2.00 bits per heavy atom. The lowest BCUT2D eigenvalue weighted by atomic mass is 10.1. The SMILES string of the molecule is OCCN1CCc2ccc(Nc3ncc(F)c(Nc4ccc5c(c4)N(CCO)CC5)n3)cc21. The smallest absolute Gasteiger partial charge is 0.229 e. The van der Waals surface area contributed by atoms with Gasteiger partial charge in [0.05, 0.1) is 19.4 Å². The van der Waals surface area contributed by atoms with Crippen molar-refractivity contribution in [1.82, 2.24) is 9.97 Å². The van der Waals surface area contributed by atoms with Gasteiger partial charge in [0.2, 0.25) is 5.95 Å². The van der Waals surface area contributed by atoms with Gasteiger partial charge in [-0.15, -0.1) is 0 Å². The predicted molar refractivity (Wildman–Crippen MR) is 127 cm³/mol. The number of hydrogen-bond acceptors (Lipinski definition) is 8. The highest BCUT2D eigenvalue weighted by atomic mass is 19.1. The molecule has 0 fully saturated rings. The highest BCUT2D eigenvalue weighted by Gasteiger charge is 2.20. The van der Waals surface area contributed by atoms with Crippen molar-refractivity contribution in [2.45, 2.75) is 12.8 Å². The quantitative estimate of drug-likeness (QED) is 0.416. The Bertz CT molecular complexity index is 1150. The summed E-state index contributed by atoms with van der Waals surface area (Å²) in [6, 6.07) is 11.9. The predicted octanol–water partition coefficient (Wildman–Crippen LogP) is 2.81. The van der Waals surface area contributed by atoms with Crippen LogP contribution in [0.3, 0.4) is 0 Å². The van der Waals surface area contributed by atoms with Gasteiger partial charge in [-0.1, -0.05) is 12.1 Å². The number of β-amino-alcohol motifs (C(OH)–C–C–N with tert-alkyl or cyclic N) is 2. The number of halogens is 1. The molecule has 9 heteroatoms. The molecule has 3 heterocycles. The maximum absolute atomic E-state index is 14.5. The minimum atomic E-state index is -0.545. The Labute approximate surface area is 191 Å². The molecule has 0 unspecified atom stereocenters. The van der Waals surface area contributed by atoms with Crippen LogP contribution in [0.2, 0.25) is 0 Å². The lowest BCUT2D eigenvalue weighted by molar-refractivity contribution is 0.302. The summed E-state index contributed by atoms with van der Waals surface area (Å²) in [4.78, 5) is 12.7. The summed E-state index contributed by atoms with van der Waals surface area (Å²) in [5.41, 5.74) is 6.11. The molecule has 0 bridgehead atoms. The number of nitrogens with zero attached hydrogens (tertiary/aromatic N) is 4. The first kappa shape index (κ1) is 21.4. The van der Waals surface area contributed by atoms with Gasteiger partial charge in [0, 0.05) is 48.9 Å². The fourth-order valence-corrected chi connectivity index (χ4v) is 4.53. The molecule has 0 saturated heterocycles. The Morgan fingerprint density at radius 2 is 1.42 bits per heavy atom. The summed E-state index contributed by atoms with van der Waals surface area (Å²) in [6.45, 7) is 3.11. The highest BCUT2D eigenvalue weighted by molar-refractivity contribution is 5.70. The van der Waals surface area contributed by atoms with Gasteiger partial charge in [0.1, 0.15) is 0 Å². The van der Waals surface area contributed by atoms with Crippen molar-refractivity contribution in [1.29, 1.82) is 0 Å². The summed E-state index contributed by atoms with van der Waals surface area (Å²) >= 11 is 0. The van der Waals surface area contributed by atoms with Crippen LogP contribution in [0.25, 0.3) is 0 Å². The Hall–Kier alpha value is -3.43. The third-order valence-corrected chi connectivity index (χ3v) is 6.16. The molecule has 0 saturated carbocycles. The fourth-order valence-electron chi connectivity index (χ4n) is 4.53. The summed E-state index contributed by atoms with van der Waals surface area (Å²) in [7, 11) is 0. The summed E-state index contributed by atoms with van der Waals surface area (Å²) in [5, 5.41) is 24.8. The minimum Gasteiger partial charge on any atom is -0.395 e. The van der Waals surface area contributed by atoms with E-state index in [1.54, 1.807) is 0 Å². The molecular weight excluding hydrogens is 423 g/mol. The largest absolute Gasteiger partial charge is 0.395 e. The second kappa shape index (κ2) is 9.21. The Balaban J connectivity index is 1.35. The lowest BCUT2D eigenvalue weighted by Crippen LogP contribution is -2.24. The number of aliphatic hydroxyl groups is 2. The third kappa shape index (κ3) is 4.42. The van der Waals surface area contributed by atoms with Crippen molar-refractivity contribution in [3.05, 3.63) is 59.5 Å². The number of nitrogens with one attached hydrogen (secondary N) is 2. The van der Waals surface area contributed by atoms with Gasteiger partial charge in [-0.2, -0.15) is 4.98 Å². The van der Waals surface area contributed by atoms with Gasteiger partial charge in [0.15, 0.2) is 11.6 Å². The van der Waals surface area contributed by atoms with E-state index in [4.69, 9.17) is 0 Å². The zero-order chi connectivity index (χ0) is 22.8. The van der Waals surface area contributed by atoms with E-state index in [0.29, 0.717) is 13.1 Å². The fraction of sp³-hybridized carbons (Fsp3) is 0.333. The monoisotopic (exact) mass is 450 g/mol. The van der Waals surface area contributed by atoms with Gasteiger partial charge in [0.25, 0.3) is 0 Å². The summed E-state index contributed by atoms with van der Waals surface area (Å²) in [5.74, 6) is -0.174. The molecule has 2 aromatic carbocycles. The maximum atomic E-state index is 14.5. The van der Waals surface area contributed by atoms with Crippen LogP contribution in [-0.2, 0) is 12.8 Å². The molecule has 33 heavy (non-hydrogen) atoms. The summed E-state index contributed by atoms with van der Waals surface area (Å²) in [6.07, 6.45) is 3.03. The van der Waals surface area contributed by atoms with E-state index in [2.05, 4.69) is 36.5 Å². The molecule has 8 nitrogen and oxygen atoms in total. The van der Waals surface area contributed by atoms with Gasteiger partial charge in [-0.3, -0.25) is 0 Å². The molecule has 0 aliphatic carbocycles. The number of fused-ring (bicyclic) bond motifs is 2. The molecule has 4 N–H and O–H groups in total. The zero-order valence-corrected chi connectivity index (χ0v) is 18.3. The van der Waals surface area contributed by atoms with Crippen molar-refractivity contribution < 1.29 is 14.6 Å². The second-order valence-corrected chi connectivity index (χ2v) is 8.25. The van der Waals surface area contributed by atoms with Gasteiger partial charge in [-0.05, 0) is 48.2 Å². The first-order chi connectivity index (χ1) is 16.1. The van der Waals surface area contributed by atoms with Crippen LogP contribution in [0.15, 0.2) is 42.6 Å². The average molecular weight is 451 g/mol. The second-order valence-electron chi connectivity index (χ2n) is 8.25. The van der Waals surface area contributed by atoms with E-state index in [1.165, 1.54) is 11.1 Å². The lowest BCUT2D eigenvalue weighted by Gasteiger charge is -2.19. The number of benzene rings is 2. The van der Waals surface area contributed by atoms with Crippen LogP contribution in [-0.4, -0.2) is 59.6 Å². The van der Waals surface area contributed by atoms with E-state index < -0.39 is 5.82 Å². The molecule has 5 rings (SSSR count). The number of anilines is 6. The number of rotatable bonds is 8. The first-order valence-electron chi connectivity index (χ1n) is 11.2. The molecule has 2 aliphatic heterocycles. The van der Waals surface area contributed by atoms with Gasteiger partial charge < -0.3 is 30.6 Å². The standard InChI is InChI=1S/C24H27FN6O2/c25-20-15-26-24(28-19-4-2-17-6-8-31(10-12-33)22(17)14-19)29-23(20)27-18-3-1-16-5-7-30(9-11-32)21(16)13-18/h1-4,13-15,32-33H,5-12H2,(H2,26,27,28,29). The molecule has 0 radical (unpaired) electrons. The Morgan fingerprint density at radius 1 is 0.848 bits per heavy atom. The van der Waals surface area contributed by atoms with Crippen LogP contribution in [0.1, 0.15) is 11.1 Å². The molecule has 0 atom stereocenters. The van der Waals surface area contributed by atoms with Crippen LogP contribution in [0.5, 0.6) is 0 Å². The van der Waals surface area contributed by atoms with E-state index in [1.807, 2.05) is 30.3 Å². The van der Waals surface area contributed by atoms with Crippen molar-refractivity contribution in [2.75, 3.05) is 59.8 Å². The van der Waals surface area contributed by atoms with E-state index in [0.717, 1.165) is 54.9 Å². The van der Waals surface area contributed by atoms with Crippen molar-refractivity contribution in [3.63, 3.8) is 0 Å². The molecule has 3 aromatic rings. The van der Waals surface area contributed by atoms with Gasteiger partial charge >= 0.3 is 0 Å². The highest BCUT2D eigenvalue weighted by Crippen LogP contribution is 2.33. The maximum Gasteiger partial charge on any atom is 0.229 e. The van der Waals surface area contributed by atoms with E-state index in [-0.39, 0.29) is 25.0 Å². The average Bonchev–Trinajstić information content (AvgIpc) is 3.40. The number of aromatic nitrogens is 2. The molecule has 0 spiro atoms. The first-order valence-corrected chi connectivity index (χ1v) is 11.2. The molecular formula is C24H27FN6O2. The van der Waals surface area contributed by atoms with Crippen LogP contribution in [0.4, 0.5) is 38.9 Å². The van der Waals surface area contributed by atoms with Crippen LogP contribution in [0, 0.1) is 5.82 Å². The van der Waals surface area contributed by atoms with E-state index in [9.17, 15) is 14.6 Å². The minimum absolute atomic E-state index is 0.0854. The molecule has 0 amide bonds. The van der Waals surface area contributed by atoms with E-state index >= 15 is 0 Å². The van der Waals surface area contributed by atoms with Crippen molar-refractivity contribution in [2.24, 2.45) is 0 Å². The third-order valence-electron chi connectivity index (χ3n) is 6.16. The van der Waals surface area contributed by atoms with Gasteiger partial charge in [-0.25, -0.2) is 9.37 Å². The van der Waals surface area contributed by atoms with Crippen LogP contribution < -0.4 is 20.4 Å². The normalized spacial score (nSPS) is 14.4. The zero-order valence-electron chi connectivity index (χ0n) is 18.3. The molecule has 172 valence electrons. The topological polar surface area (TPSA) is 96.8 Å². The number of aliphatic hydroxyl groups excluding tert-OH is 2. The van der Waals surface area contributed by atoms with Crippen LogP contribution >= 0.6 is 0 Å². The summed E-state index contributed by atoms with van der Waals surface area (Å²) < 4.78 is 14.5. The van der Waals surface area contributed by atoms with Crippen molar-refractivity contribution >= 4 is 34.5 Å². The Kier molecular flexibility index (Phi) is 5.97. The molecule has 1 aromatic heterocycles. The molecule has 2 aliphatic rings. The van der Waals surface area contributed by atoms with Crippen molar-refractivity contribution in [3.8, 4) is 0 Å².